The van der Waals surface area contributed by atoms with Gasteiger partial charge in [-0.2, -0.15) is 0 Å². The predicted octanol–water partition coefficient (Wildman–Crippen LogP) is 3.57. The first-order valence-corrected chi connectivity index (χ1v) is 6.68. The molecule has 19 heavy (non-hydrogen) atoms. The smallest absolute Gasteiger partial charge is 0.177 e. The third-order valence-electron chi connectivity index (χ3n) is 4.53. The lowest BCUT2D eigenvalue weighted by atomic mass is 9.93. The van der Waals surface area contributed by atoms with E-state index in [1.54, 1.807) is 0 Å². The molecule has 5 heteroatoms. The molecular weight excluding hydrogens is 266 g/mol. The standard InChI is InChI=1S/C14H12F2N2S/c1-7-12-10-5-14(10,6-18(12)13(19)17-7)9-4-8(15)2-3-11(9)16/h2-4,10H,5-6H2,1H3,(H,17,19)/t10-,14+/m0/s1. The van der Waals surface area contributed by atoms with Gasteiger partial charge in [-0.15, -0.1) is 0 Å². The fourth-order valence-corrected chi connectivity index (χ4v) is 3.91. The molecule has 2 atom stereocenters. The third-order valence-corrected chi connectivity index (χ3v) is 4.85. The van der Waals surface area contributed by atoms with Crippen molar-refractivity contribution >= 4 is 12.2 Å². The highest BCUT2D eigenvalue weighted by atomic mass is 32.1. The molecule has 4 rings (SSSR count). The van der Waals surface area contributed by atoms with E-state index in [1.807, 2.05) is 11.5 Å². The Kier molecular flexibility index (Phi) is 1.99. The van der Waals surface area contributed by atoms with E-state index in [-0.39, 0.29) is 23.0 Å². The first-order chi connectivity index (χ1) is 9.03. The maximum absolute atomic E-state index is 14.0. The van der Waals surface area contributed by atoms with Gasteiger partial charge in [-0.25, -0.2) is 8.78 Å². The van der Waals surface area contributed by atoms with Gasteiger partial charge in [-0.1, -0.05) is 0 Å². The summed E-state index contributed by atoms with van der Waals surface area (Å²) in [6.45, 7) is 2.63. The summed E-state index contributed by atoms with van der Waals surface area (Å²) in [7, 11) is 0. The van der Waals surface area contributed by atoms with Crippen molar-refractivity contribution in [2.75, 3.05) is 0 Å². The SMILES string of the molecule is Cc1[nH]c(=S)n2c1[C@@H]1C[C@]1(c1cc(F)ccc1F)C2. The quantitative estimate of drug-likeness (QED) is 0.791. The molecule has 0 saturated heterocycles. The minimum Gasteiger partial charge on any atom is -0.335 e. The number of aryl methyl sites for hydroxylation is 1. The lowest BCUT2D eigenvalue weighted by Crippen LogP contribution is -2.14. The Morgan fingerprint density at radius 2 is 2.21 bits per heavy atom. The number of halogens is 2. The van der Waals surface area contributed by atoms with Crippen LogP contribution in [0.25, 0.3) is 0 Å². The monoisotopic (exact) mass is 278 g/mol. The second-order valence-electron chi connectivity index (χ2n) is 5.56. The number of hydrogen-bond acceptors (Lipinski definition) is 1. The second-order valence-corrected chi connectivity index (χ2v) is 5.95. The van der Waals surface area contributed by atoms with Gasteiger partial charge in [0, 0.05) is 29.3 Å². The van der Waals surface area contributed by atoms with Crippen LogP contribution < -0.4 is 0 Å². The summed E-state index contributed by atoms with van der Waals surface area (Å²) in [5.41, 5.74) is 2.42. The molecular formula is C14H12F2N2S. The Bertz CT molecular complexity index is 761. The fraction of sp³-hybridized carbons (Fsp3) is 0.357. The van der Waals surface area contributed by atoms with Crippen LogP contribution in [-0.4, -0.2) is 9.55 Å². The first-order valence-electron chi connectivity index (χ1n) is 6.28. The maximum atomic E-state index is 14.0. The van der Waals surface area contributed by atoms with Gasteiger partial charge in [0.05, 0.1) is 0 Å². The molecule has 1 aliphatic carbocycles. The molecule has 1 aromatic heterocycles. The van der Waals surface area contributed by atoms with Gasteiger partial charge in [-0.05, 0) is 49.3 Å². The van der Waals surface area contributed by atoms with Crippen molar-refractivity contribution < 1.29 is 8.78 Å². The highest BCUT2D eigenvalue weighted by molar-refractivity contribution is 7.71. The number of fused-ring (bicyclic) bond motifs is 3. The van der Waals surface area contributed by atoms with E-state index >= 15 is 0 Å². The molecule has 1 aliphatic heterocycles. The highest BCUT2D eigenvalue weighted by Crippen LogP contribution is 2.66. The third kappa shape index (κ3) is 1.31. The van der Waals surface area contributed by atoms with E-state index in [4.69, 9.17) is 12.2 Å². The molecule has 0 bridgehead atoms. The van der Waals surface area contributed by atoms with Crippen molar-refractivity contribution in [1.29, 1.82) is 0 Å². The summed E-state index contributed by atoms with van der Waals surface area (Å²) in [5, 5.41) is 0. The number of rotatable bonds is 1. The van der Waals surface area contributed by atoms with Crippen LogP contribution in [0.5, 0.6) is 0 Å². The van der Waals surface area contributed by atoms with Crippen LogP contribution in [0.3, 0.4) is 0 Å². The molecule has 0 spiro atoms. The van der Waals surface area contributed by atoms with Crippen molar-refractivity contribution in [1.82, 2.24) is 9.55 Å². The summed E-state index contributed by atoms with van der Waals surface area (Å²) in [5.74, 6) is -0.436. The van der Waals surface area contributed by atoms with E-state index in [0.717, 1.165) is 17.8 Å². The highest BCUT2D eigenvalue weighted by Gasteiger charge is 2.63. The lowest BCUT2D eigenvalue weighted by Gasteiger charge is -2.14. The molecule has 2 heterocycles. The summed E-state index contributed by atoms with van der Waals surface area (Å²) < 4.78 is 30.1. The van der Waals surface area contributed by atoms with Gasteiger partial charge in [0.1, 0.15) is 11.6 Å². The van der Waals surface area contributed by atoms with Crippen molar-refractivity contribution in [3.63, 3.8) is 0 Å². The van der Waals surface area contributed by atoms with E-state index < -0.39 is 0 Å². The largest absolute Gasteiger partial charge is 0.335 e. The van der Waals surface area contributed by atoms with Gasteiger partial charge < -0.3 is 9.55 Å². The molecule has 0 radical (unpaired) electrons. The number of nitrogens with one attached hydrogen (secondary N) is 1. The van der Waals surface area contributed by atoms with Crippen molar-refractivity contribution in [2.45, 2.75) is 31.2 Å². The lowest BCUT2D eigenvalue weighted by molar-refractivity contribution is 0.520. The second kappa shape index (κ2) is 3.33. The minimum atomic E-state index is -0.380. The zero-order valence-electron chi connectivity index (χ0n) is 10.3. The van der Waals surface area contributed by atoms with Crippen LogP contribution in [0.2, 0.25) is 0 Å². The molecule has 1 N–H and O–H groups in total. The summed E-state index contributed by atoms with van der Waals surface area (Å²) >= 11 is 5.27. The summed E-state index contributed by atoms with van der Waals surface area (Å²) in [6, 6.07) is 3.72. The number of hydrogen-bond donors (Lipinski definition) is 1. The number of aromatic amines is 1. The molecule has 1 aromatic carbocycles. The Morgan fingerprint density at radius 3 is 2.95 bits per heavy atom. The van der Waals surface area contributed by atoms with E-state index in [0.29, 0.717) is 16.9 Å². The molecule has 1 fully saturated rings. The Balaban J connectivity index is 1.87. The molecule has 0 unspecified atom stereocenters. The van der Waals surface area contributed by atoms with Gasteiger partial charge in [0.2, 0.25) is 0 Å². The van der Waals surface area contributed by atoms with Gasteiger partial charge in [0.25, 0.3) is 0 Å². The summed E-state index contributed by atoms with van der Waals surface area (Å²) in [4.78, 5) is 3.14. The molecule has 1 saturated carbocycles. The normalized spacial score (nSPS) is 27.2. The van der Waals surface area contributed by atoms with Crippen LogP contribution in [0.1, 0.15) is 29.3 Å². The number of imidazole rings is 1. The molecule has 0 amide bonds. The van der Waals surface area contributed by atoms with E-state index in [1.165, 1.54) is 18.2 Å². The average Bonchev–Trinajstić information content (AvgIpc) is 2.87. The first kappa shape index (κ1) is 11.3. The minimum absolute atomic E-state index is 0.261. The molecule has 2 aliphatic rings. The van der Waals surface area contributed by atoms with Gasteiger partial charge >= 0.3 is 0 Å². The van der Waals surface area contributed by atoms with Crippen LogP contribution >= 0.6 is 12.2 Å². The number of nitrogens with zero attached hydrogens (tertiary/aromatic N) is 1. The Hall–Kier alpha value is -1.49. The van der Waals surface area contributed by atoms with Gasteiger partial charge in [0.15, 0.2) is 4.77 Å². The molecule has 2 aromatic rings. The molecule has 98 valence electrons. The fourth-order valence-electron chi connectivity index (χ4n) is 3.59. The zero-order chi connectivity index (χ0) is 13.4. The van der Waals surface area contributed by atoms with Crippen molar-refractivity contribution in [3.05, 3.63) is 51.6 Å². The number of benzene rings is 1. The van der Waals surface area contributed by atoms with Crippen LogP contribution in [0.4, 0.5) is 8.78 Å². The van der Waals surface area contributed by atoms with Crippen LogP contribution in [-0.2, 0) is 12.0 Å². The zero-order valence-corrected chi connectivity index (χ0v) is 11.2. The van der Waals surface area contributed by atoms with E-state index in [2.05, 4.69) is 4.98 Å². The van der Waals surface area contributed by atoms with Crippen LogP contribution in [0.15, 0.2) is 18.2 Å². The number of aromatic nitrogens is 2. The predicted molar refractivity (Wildman–Crippen MR) is 69.7 cm³/mol. The van der Waals surface area contributed by atoms with Crippen molar-refractivity contribution in [3.8, 4) is 0 Å². The maximum Gasteiger partial charge on any atom is 0.177 e. The van der Waals surface area contributed by atoms with E-state index in [9.17, 15) is 8.78 Å². The molecule has 2 nitrogen and oxygen atoms in total. The topological polar surface area (TPSA) is 20.7 Å². The Labute approximate surface area is 114 Å². The summed E-state index contributed by atoms with van der Waals surface area (Å²) in [6.07, 6.45) is 0.876. The van der Waals surface area contributed by atoms with Gasteiger partial charge in [-0.3, -0.25) is 0 Å². The average molecular weight is 278 g/mol. The Morgan fingerprint density at radius 1 is 1.42 bits per heavy atom. The number of H-pyrrole nitrogens is 1. The van der Waals surface area contributed by atoms with Crippen molar-refractivity contribution in [2.24, 2.45) is 0 Å². The van der Waals surface area contributed by atoms with Crippen LogP contribution in [0, 0.1) is 23.3 Å².